The first-order chi connectivity index (χ1) is 8.06. The SMILES string of the molecule is CC(C)CCCC(NN)c1c(Cl)cccc1Cl. The van der Waals surface area contributed by atoms with E-state index in [1.54, 1.807) is 0 Å². The molecule has 2 nitrogen and oxygen atoms in total. The molecule has 1 rings (SSSR count). The second-order valence-corrected chi connectivity index (χ2v) is 5.49. The Kier molecular flexibility index (Phi) is 6.28. The van der Waals surface area contributed by atoms with Gasteiger partial charge < -0.3 is 0 Å². The Bertz CT molecular complexity index is 333. The molecule has 0 saturated heterocycles. The number of nitrogens with two attached hydrogens (primary N) is 1. The first kappa shape index (κ1) is 14.8. The van der Waals surface area contributed by atoms with Gasteiger partial charge in [0, 0.05) is 21.7 Å². The second kappa shape index (κ2) is 7.22. The Morgan fingerprint density at radius 1 is 1.18 bits per heavy atom. The summed E-state index contributed by atoms with van der Waals surface area (Å²) in [6.07, 6.45) is 3.23. The van der Waals surface area contributed by atoms with Crippen molar-refractivity contribution in [1.82, 2.24) is 5.43 Å². The minimum atomic E-state index is 0.0231. The molecule has 3 N–H and O–H groups in total. The lowest BCUT2D eigenvalue weighted by atomic mass is 9.98. The molecule has 0 heterocycles. The molecular weight excluding hydrogens is 255 g/mol. The minimum Gasteiger partial charge on any atom is -0.271 e. The van der Waals surface area contributed by atoms with Gasteiger partial charge in [-0.25, -0.2) is 0 Å². The van der Waals surface area contributed by atoms with Crippen molar-refractivity contribution in [2.45, 2.75) is 39.2 Å². The summed E-state index contributed by atoms with van der Waals surface area (Å²) < 4.78 is 0. The molecule has 17 heavy (non-hydrogen) atoms. The molecule has 0 radical (unpaired) electrons. The Hall–Kier alpha value is -0.280. The molecule has 0 spiro atoms. The van der Waals surface area contributed by atoms with Crippen molar-refractivity contribution in [3.05, 3.63) is 33.8 Å². The van der Waals surface area contributed by atoms with Gasteiger partial charge in [-0.15, -0.1) is 0 Å². The van der Waals surface area contributed by atoms with Crippen LogP contribution in [0.15, 0.2) is 18.2 Å². The molecule has 0 fully saturated rings. The predicted octanol–water partition coefficient (Wildman–Crippen LogP) is 4.32. The van der Waals surface area contributed by atoms with Crippen molar-refractivity contribution in [3.63, 3.8) is 0 Å². The van der Waals surface area contributed by atoms with Crippen molar-refractivity contribution in [3.8, 4) is 0 Å². The summed E-state index contributed by atoms with van der Waals surface area (Å²) in [6.45, 7) is 4.43. The third-order valence-electron chi connectivity index (χ3n) is 2.82. The maximum absolute atomic E-state index is 6.16. The fourth-order valence-electron chi connectivity index (χ4n) is 1.88. The average molecular weight is 275 g/mol. The van der Waals surface area contributed by atoms with Gasteiger partial charge in [0.2, 0.25) is 0 Å². The van der Waals surface area contributed by atoms with Crippen LogP contribution in [0.3, 0.4) is 0 Å². The summed E-state index contributed by atoms with van der Waals surface area (Å²) in [7, 11) is 0. The molecule has 4 heteroatoms. The van der Waals surface area contributed by atoms with Crippen LogP contribution in [0.2, 0.25) is 10.0 Å². The van der Waals surface area contributed by atoms with Gasteiger partial charge in [-0.05, 0) is 24.5 Å². The third-order valence-corrected chi connectivity index (χ3v) is 3.48. The van der Waals surface area contributed by atoms with E-state index in [0.29, 0.717) is 16.0 Å². The van der Waals surface area contributed by atoms with Gasteiger partial charge >= 0.3 is 0 Å². The summed E-state index contributed by atoms with van der Waals surface area (Å²) in [5, 5.41) is 1.34. The molecule has 0 saturated carbocycles. The zero-order valence-electron chi connectivity index (χ0n) is 10.3. The molecule has 0 aliphatic heterocycles. The molecule has 0 bridgehead atoms. The van der Waals surface area contributed by atoms with Crippen LogP contribution in [0.4, 0.5) is 0 Å². The molecule has 0 aromatic heterocycles. The molecule has 1 atom stereocenters. The monoisotopic (exact) mass is 274 g/mol. The van der Waals surface area contributed by atoms with Crippen molar-refractivity contribution in [2.75, 3.05) is 0 Å². The summed E-state index contributed by atoms with van der Waals surface area (Å²) in [5.74, 6) is 6.30. The van der Waals surface area contributed by atoms with Gasteiger partial charge in [-0.3, -0.25) is 11.3 Å². The topological polar surface area (TPSA) is 38.0 Å². The third kappa shape index (κ3) is 4.47. The first-order valence-electron chi connectivity index (χ1n) is 5.96. The van der Waals surface area contributed by atoms with Crippen LogP contribution in [0, 0.1) is 5.92 Å². The van der Waals surface area contributed by atoms with E-state index >= 15 is 0 Å². The minimum absolute atomic E-state index is 0.0231. The Morgan fingerprint density at radius 3 is 2.24 bits per heavy atom. The highest BCUT2D eigenvalue weighted by molar-refractivity contribution is 6.36. The number of hydrazine groups is 1. The van der Waals surface area contributed by atoms with Crippen molar-refractivity contribution in [2.24, 2.45) is 11.8 Å². The van der Waals surface area contributed by atoms with E-state index in [1.807, 2.05) is 18.2 Å². The zero-order chi connectivity index (χ0) is 12.8. The predicted molar refractivity (Wildman–Crippen MR) is 75.2 cm³/mol. The van der Waals surface area contributed by atoms with Crippen LogP contribution in [0.1, 0.15) is 44.7 Å². The summed E-state index contributed by atoms with van der Waals surface area (Å²) in [5.41, 5.74) is 3.71. The molecule has 1 aromatic carbocycles. The Morgan fingerprint density at radius 2 is 1.76 bits per heavy atom. The van der Waals surface area contributed by atoms with E-state index < -0.39 is 0 Å². The van der Waals surface area contributed by atoms with Crippen LogP contribution in [0.5, 0.6) is 0 Å². The van der Waals surface area contributed by atoms with Gasteiger partial charge in [0.05, 0.1) is 0 Å². The number of rotatable bonds is 6. The smallest absolute Gasteiger partial charge is 0.0489 e. The number of nitrogens with one attached hydrogen (secondary N) is 1. The average Bonchev–Trinajstić information content (AvgIpc) is 2.26. The van der Waals surface area contributed by atoms with E-state index in [2.05, 4.69) is 19.3 Å². The van der Waals surface area contributed by atoms with E-state index in [1.165, 1.54) is 6.42 Å². The molecule has 0 aliphatic carbocycles. The van der Waals surface area contributed by atoms with Crippen molar-refractivity contribution in [1.29, 1.82) is 0 Å². The number of benzene rings is 1. The standard InChI is InChI=1S/C13H20Cl2N2/c1-9(2)5-3-8-12(17-16)13-10(14)6-4-7-11(13)15/h4,6-7,9,12,17H,3,5,8,16H2,1-2H3. The van der Waals surface area contributed by atoms with Crippen LogP contribution < -0.4 is 11.3 Å². The molecule has 96 valence electrons. The van der Waals surface area contributed by atoms with Crippen LogP contribution in [-0.2, 0) is 0 Å². The summed E-state index contributed by atoms with van der Waals surface area (Å²) in [6, 6.07) is 5.55. The largest absolute Gasteiger partial charge is 0.271 e. The van der Waals surface area contributed by atoms with Gasteiger partial charge in [-0.1, -0.05) is 56.0 Å². The highest BCUT2D eigenvalue weighted by Gasteiger charge is 2.16. The fourth-order valence-corrected chi connectivity index (χ4v) is 2.55. The van der Waals surface area contributed by atoms with Crippen LogP contribution >= 0.6 is 23.2 Å². The lowest BCUT2D eigenvalue weighted by Gasteiger charge is -2.19. The van der Waals surface area contributed by atoms with E-state index in [-0.39, 0.29) is 6.04 Å². The van der Waals surface area contributed by atoms with Crippen molar-refractivity contribution < 1.29 is 0 Å². The fraction of sp³-hybridized carbons (Fsp3) is 0.538. The van der Waals surface area contributed by atoms with Gasteiger partial charge in [0.25, 0.3) is 0 Å². The van der Waals surface area contributed by atoms with Gasteiger partial charge in [0.1, 0.15) is 0 Å². The molecule has 0 aliphatic rings. The van der Waals surface area contributed by atoms with Crippen LogP contribution in [-0.4, -0.2) is 0 Å². The van der Waals surface area contributed by atoms with E-state index in [9.17, 15) is 0 Å². The van der Waals surface area contributed by atoms with Gasteiger partial charge in [0.15, 0.2) is 0 Å². The Labute approximate surface area is 113 Å². The normalized spacial score (nSPS) is 13.1. The number of halogens is 2. The van der Waals surface area contributed by atoms with Crippen molar-refractivity contribution >= 4 is 23.2 Å². The lowest BCUT2D eigenvalue weighted by molar-refractivity contribution is 0.455. The maximum Gasteiger partial charge on any atom is 0.0489 e. The highest BCUT2D eigenvalue weighted by atomic mass is 35.5. The molecular formula is C13H20Cl2N2. The maximum atomic E-state index is 6.16. The lowest BCUT2D eigenvalue weighted by Crippen LogP contribution is -2.28. The highest BCUT2D eigenvalue weighted by Crippen LogP contribution is 2.32. The Balaban J connectivity index is 2.72. The van der Waals surface area contributed by atoms with Crippen LogP contribution in [0.25, 0.3) is 0 Å². The first-order valence-corrected chi connectivity index (χ1v) is 6.72. The number of hydrogen-bond donors (Lipinski definition) is 2. The van der Waals surface area contributed by atoms with E-state index in [0.717, 1.165) is 18.4 Å². The summed E-state index contributed by atoms with van der Waals surface area (Å²) in [4.78, 5) is 0. The molecule has 0 amide bonds. The van der Waals surface area contributed by atoms with E-state index in [4.69, 9.17) is 29.0 Å². The quantitative estimate of drug-likeness (QED) is 0.599. The summed E-state index contributed by atoms with van der Waals surface area (Å²) >= 11 is 12.3. The van der Waals surface area contributed by atoms with Gasteiger partial charge in [-0.2, -0.15) is 0 Å². The molecule has 1 aromatic rings. The second-order valence-electron chi connectivity index (χ2n) is 4.68. The number of hydrogen-bond acceptors (Lipinski definition) is 2. The zero-order valence-corrected chi connectivity index (χ0v) is 11.9. The molecule has 1 unspecified atom stereocenters.